The molecule has 17 heavy (non-hydrogen) atoms. The Balaban J connectivity index is 2.36. The van der Waals surface area contributed by atoms with Crippen LogP contribution >= 0.6 is 0 Å². The molecule has 0 spiro atoms. The maximum absolute atomic E-state index is 11.2. The second kappa shape index (κ2) is 5.55. The zero-order chi connectivity index (χ0) is 12.1. The lowest BCUT2D eigenvalue weighted by Gasteiger charge is -2.03. The Morgan fingerprint density at radius 2 is 1.29 bits per heavy atom. The van der Waals surface area contributed by atoms with Crippen molar-refractivity contribution in [2.45, 2.75) is 16.7 Å². The molecule has 0 saturated carbocycles. The molecule has 2 nitrogen and oxygen atoms in total. The van der Waals surface area contributed by atoms with Crippen molar-refractivity contribution < 1.29 is 8.98 Å². The highest BCUT2D eigenvalue weighted by molar-refractivity contribution is 7.92. The van der Waals surface area contributed by atoms with Crippen LogP contribution in [0.4, 0.5) is 0 Å². The minimum absolute atomic E-state index is 0.263. The van der Waals surface area contributed by atoms with Gasteiger partial charge < -0.3 is 0 Å². The fraction of sp³-hybridized carbons (Fsp3) is 0.0714. The molecule has 0 bridgehead atoms. The summed E-state index contributed by atoms with van der Waals surface area (Å²) in [6.45, 7) is 1.44. The van der Waals surface area contributed by atoms with E-state index in [0.29, 0.717) is 0 Å². The van der Waals surface area contributed by atoms with Crippen molar-refractivity contribution in [1.82, 2.24) is 0 Å². The Labute approximate surface area is 104 Å². The topological polar surface area (TPSA) is 26.3 Å². The number of benzene rings is 2. The van der Waals surface area contributed by atoms with Gasteiger partial charge in [-0.3, -0.25) is 0 Å². The molecule has 86 valence electrons. The van der Waals surface area contributed by atoms with Gasteiger partial charge >= 0.3 is 5.97 Å². The zero-order valence-electron chi connectivity index (χ0n) is 9.50. The van der Waals surface area contributed by atoms with Crippen LogP contribution in [-0.2, 0) is 20.2 Å². The van der Waals surface area contributed by atoms with E-state index >= 15 is 0 Å². The third-order valence-electron chi connectivity index (χ3n) is 2.12. The Hall–Kier alpha value is -1.74. The molecule has 2 rings (SSSR count). The quantitative estimate of drug-likeness (QED) is 0.776. The molecule has 0 aliphatic heterocycles. The maximum Gasteiger partial charge on any atom is 0.362 e. The number of rotatable bonds is 3. The average molecular weight is 245 g/mol. The van der Waals surface area contributed by atoms with Gasteiger partial charge in [0.1, 0.15) is 0 Å². The molecule has 3 heteroatoms. The molecule has 0 fully saturated rings. The first-order chi connectivity index (χ1) is 8.27. The Morgan fingerprint density at radius 1 is 0.882 bits per heavy atom. The van der Waals surface area contributed by atoms with Crippen LogP contribution in [0.1, 0.15) is 6.92 Å². The van der Waals surface area contributed by atoms with E-state index in [0.717, 1.165) is 9.79 Å². The van der Waals surface area contributed by atoms with Gasteiger partial charge in [0.15, 0.2) is 0 Å². The summed E-state index contributed by atoms with van der Waals surface area (Å²) >= 11 is -0.631. The Morgan fingerprint density at radius 3 is 1.65 bits per heavy atom. The SMILES string of the molecule is CC(=O)O[S+](c1ccccc1)c1ccccc1. The second-order valence-electron chi connectivity index (χ2n) is 3.47. The number of hydrogen-bond acceptors (Lipinski definition) is 2. The van der Waals surface area contributed by atoms with Crippen LogP contribution in [0, 0.1) is 0 Å². The molecular weight excluding hydrogens is 232 g/mol. The molecule has 2 aromatic rings. The summed E-state index contributed by atoms with van der Waals surface area (Å²) in [4.78, 5) is 13.2. The van der Waals surface area contributed by atoms with Gasteiger partial charge in [0.2, 0.25) is 9.79 Å². The highest BCUT2D eigenvalue weighted by Crippen LogP contribution is 2.24. The van der Waals surface area contributed by atoms with Crippen LogP contribution < -0.4 is 0 Å². The van der Waals surface area contributed by atoms with E-state index in [9.17, 15) is 4.79 Å². The van der Waals surface area contributed by atoms with Crippen LogP contribution in [0.2, 0.25) is 0 Å². The molecule has 0 radical (unpaired) electrons. The summed E-state index contributed by atoms with van der Waals surface area (Å²) < 4.78 is 5.41. The van der Waals surface area contributed by atoms with Gasteiger partial charge in [-0.25, -0.2) is 8.98 Å². The van der Waals surface area contributed by atoms with Gasteiger partial charge in [-0.1, -0.05) is 36.4 Å². The van der Waals surface area contributed by atoms with Crippen molar-refractivity contribution in [3.8, 4) is 0 Å². The maximum atomic E-state index is 11.2. The Bertz CT molecular complexity index is 443. The van der Waals surface area contributed by atoms with Crippen molar-refractivity contribution in [2.75, 3.05) is 0 Å². The number of carbonyl (C=O) groups excluding carboxylic acids is 1. The third kappa shape index (κ3) is 3.11. The predicted octanol–water partition coefficient (Wildman–Crippen LogP) is 3.20. The van der Waals surface area contributed by atoms with Gasteiger partial charge in [-0.05, 0) is 24.3 Å². The fourth-order valence-corrected chi connectivity index (χ4v) is 2.95. The van der Waals surface area contributed by atoms with Crippen LogP contribution in [0.25, 0.3) is 0 Å². The largest absolute Gasteiger partial charge is 0.362 e. The van der Waals surface area contributed by atoms with Crippen molar-refractivity contribution in [2.24, 2.45) is 0 Å². The van der Waals surface area contributed by atoms with Crippen molar-refractivity contribution in [3.63, 3.8) is 0 Å². The van der Waals surface area contributed by atoms with Crippen LogP contribution in [-0.4, -0.2) is 5.97 Å². The molecule has 0 N–H and O–H groups in total. The highest BCUT2D eigenvalue weighted by Gasteiger charge is 2.30. The summed E-state index contributed by atoms with van der Waals surface area (Å²) in [5, 5.41) is 0. The van der Waals surface area contributed by atoms with Crippen LogP contribution in [0.3, 0.4) is 0 Å². The predicted molar refractivity (Wildman–Crippen MR) is 68.5 cm³/mol. The average Bonchev–Trinajstić information content (AvgIpc) is 2.38. The summed E-state index contributed by atoms with van der Waals surface area (Å²) in [6, 6.07) is 19.6. The second-order valence-corrected chi connectivity index (χ2v) is 5.12. The minimum atomic E-state index is -0.631. The molecular formula is C14H13O2S+. The summed E-state index contributed by atoms with van der Waals surface area (Å²) in [7, 11) is 0. The number of hydrogen-bond donors (Lipinski definition) is 0. The highest BCUT2D eigenvalue weighted by atomic mass is 32.2. The lowest BCUT2D eigenvalue weighted by Crippen LogP contribution is -2.11. The van der Waals surface area contributed by atoms with Crippen molar-refractivity contribution in [3.05, 3.63) is 60.7 Å². The van der Waals surface area contributed by atoms with Gasteiger partial charge in [-0.15, -0.1) is 0 Å². The smallest absolute Gasteiger partial charge is 0.247 e. The van der Waals surface area contributed by atoms with E-state index in [1.54, 1.807) is 0 Å². The standard InChI is InChI=1S/C14H13O2S/c1-12(15)16-17(13-8-4-2-5-9-13)14-10-6-3-7-11-14/h2-11H,1H3/q+1. The molecule has 0 heterocycles. The number of carbonyl (C=O) groups is 1. The first-order valence-electron chi connectivity index (χ1n) is 5.30. The summed E-state index contributed by atoms with van der Waals surface area (Å²) in [5.74, 6) is -0.263. The van der Waals surface area contributed by atoms with E-state index < -0.39 is 11.2 Å². The lowest BCUT2D eigenvalue weighted by atomic mass is 10.4. The third-order valence-corrected chi connectivity index (χ3v) is 3.92. The molecule has 0 unspecified atom stereocenters. The van der Waals surface area contributed by atoms with Gasteiger partial charge in [0.05, 0.1) is 0 Å². The summed E-state index contributed by atoms with van der Waals surface area (Å²) in [5.41, 5.74) is 0. The van der Waals surface area contributed by atoms with E-state index in [4.69, 9.17) is 4.18 Å². The molecule has 0 saturated heterocycles. The van der Waals surface area contributed by atoms with E-state index in [-0.39, 0.29) is 5.97 Å². The van der Waals surface area contributed by atoms with Crippen molar-refractivity contribution >= 4 is 17.1 Å². The first-order valence-corrected chi connectivity index (χ1v) is 6.45. The van der Waals surface area contributed by atoms with E-state index in [1.807, 2.05) is 60.7 Å². The monoisotopic (exact) mass is 245 g/mol. The molecule has 0 amide bonds. The zero-order valence-corrected chi connectivity index (χ0v) is 10.3. The van der Waals surface area contributed by atoms with E-state index in [2.05, 4.69) is 0 Å². The molecule has 0 atom stereocenters. The lowest BCUT2D eigenvalue weighted by molar-refractivity contribution is -0.130. The van der Waals surface area contributed by atoms with Gasteiger partial charge in [0.25, 0.3) is 11.2 Å². The van der Waals surface area contributed by atoms with Gasteiger partial charge in [-0.2, -0.15) is 0 Å². The van der Waals surface area contributed by atoms with Crippen molar-refractivity contribution in [1.29, 1.82) is 0 Å². The van der Waals surface area contributed by atoms with E-state index in [1.165, 1.54) is 6.92 Å². The van der Waals surface area contributed by atoms with Gasteiger partial charge in [0, 0.05) is 6.92 Å². The normalized spacial score (nSPS) is 10.2. The molecule has 0 aliphatic carbocycles. The minimum Gasteiger partial charge on any atom is -0.247 e. The fourth-order valence-electron chi connectivity index (χ4n) is 1.44. The molecule has 2 aromatic carbocycles. The van der Waals surface area contributed by atoms with Crippen LogP contribution in [0.15, 0.2) is 70.5 Å². The Kier molecular flexibility index (Phi) is 3.83. The van der Waals surface area contributed by atoms with Crippen LogP contribution in [0.5, 0.6) is 0 Å². The summed E-state index contributed by atoms with van der Waals surface area (Å²) in [6.07, 6.45) is 0. The first kappa shape index (κ1) is 11.7. The molecule has 0 aromatic heterocycles. The molecule has 0 aliphatic rings.